The SMILES string of the molecule is CCCCCCCCC/C=C\CC/C=C/C(O)C(COC(O)C(O)C(O)C(CCO)OC(O)/C(O)=C(/O)C(O)CCO)NC(=O)C(O)CCCCCCCCCCCCCCCCCC. The van der Waals surface area contributed by atoms with E-state index in [1.54, 1.807) is 6.08 Å². The highest BCUT2D eigenvalue weighted by Crippen LogP contribution is 2.20. The van der Waals surface area contributed by atoms with Crippen molar-refractivity contribution in [2.24, 2.45) is 0 Å². The molecular formula is C50H95NO14. The summed E-state index contributed by atoms with van der Waals surface area (Å²) in [6.07, 6.45) is 22.2. The van der Waals surface area contributed by atoms with Gasteiger partial charge in [0, 0.05) is 19.6 Å². The molecule has 0 aliphatic carbocycles. The number of nitrogens with one attached hydrogen (secondary N) is 1. The van der Waals surface area contributed by atoms with E-state index in [0.29, 0.717) is 12.8 Å². The highest BCUT2D eigenvalue weighted by atomic mass is 16.6. The fourth-order valence-electron chi connectivity index (χ4n) is 7.46. The number of carbonyl (C=O) groups is 1. The van der Waals surface area contributed by atoms with Crippen LogP contribution in [0.15, 0.2) is 35.8 Å². The fourth-order valence-corrected chi connectivity index (χ4v) is 7.46. The molecule has 1 amide bonds. The van der Waals surface area contributed by atoms with Gasteiger partial charge in [0.15, 0.2) is 17.8 Å². The molecule has 0 saturated heterocycles. The molecule has 0 radical (unpaired) electrons. The molecular weight excluding hydrogens is 839 g/mol. The van der Waals surface area contributed by atoms with Crippen LogP contribution in [0.5, 0.6) is 0 Å². The average molecular weight is 934 g/mol. The third-order valence-electron chi connectivity index (χ3n) is 11.7. The maximum atomic E-state index is 13.1. The van der Waals surface area contributed by atoms with Gasteiger partial charge in [-0.1, -0.05) is 179 Å². The zero-order chi connectivity index (χ0) is 48.5. The van der Waals surface area contributed by atoms with E-state index in [1.807, 2.05) is 0 Å². The molecule has 0 aromatic carbocycles. The molecule has 0 aliphatic rings. The van der Waals surface area contributed by atoms with Gasteiger partial charge in [0.2, 0.25) is 12.2 Å². The lowest BCUT2D eigenvalue weighted by atomic mass is 10.0. The van der Waals surface area contributed by atoms with Crippen molar-refractivity contribution in [3.8, 4) is 0 Å². The van der Waals surface area contributed by atoms with Crippen LogP contribution < -0.4 is 5.32 Å². The molecule has 65 heavy (non-hydrogen) atoms. The van der Waals surface area contributed by atoms with Crippen molar-refractivity contribution in [3.63, 3.8) is 0 Å². The number of aliphatic hydroxyl groups is 11. The second-order valence-corrected chi connectivity index (χ2v) is 17.6. The fraction of sp³-hybridized carbons (Fsp3) is 0.860. The van der Waals surface area contributed by atoms with Gasteiger partial charge in [0.05, 0.1) is 24.9 Å². The molecule has 0 spiro atoms. The molecule has 0 aliphatic heterocycles. The lowest BCUT2D eigenvalue weighted by molar-refractivity contribution is -0.230. The molecule has 12 N–H and O–H groups in total. The van der Waals surface area contributed by atoms with Gasteiger partial charge in [-0.25, -0.2) is 0 Å². The molecule has 0 rings (SSSR count). The Hall–Kier alpha value is -2.15. The Morgan fingerprint density at radius 3 is 1.49 bits per heavy atom. The molecule has 384 valence electrons. The minimum atomic E-state index is -2.35. The number of ether oxygens (including phenoxy) is 2. The van der Waals surface area contributed by atoms with Gasteiger partial charge in [0.1, 0.15) is 24.4 Å². The highest BCUT2D eigenvalue weighted by Gasteiger charge is 2.36. The lowest BCUT2D eigenvalue weighted by Crippen LogP contribution is -2.52. The first-order valence-electron chi connectivity index (χ1n) is 25.3. The standard InChI is InChI=1S/C50H95NO14/c1-3-5-7-9-11-13-15-17-18-19-21-23-25-27-29-31-33-42(56)48(61)51-39(40(54)32-30-28-26-24-22-20-16-14-12-10-8-6-4-2)38-64-49(62)47(60)45(58)43(35-37-53)65-50(63)46(59)44(57)41(55)34-36-52/h22,24,30,32,39-43,45,47,49-50,52-60,62-63H,3-21,23,25-29,31,33-38H2,1-2H3,(H,51,61)/b24-22-,32-30+,46-44-. The minimum Gasteiger partial charge on any atom is -0.506 e. The molecule has 15 heteroatoms. The molecule has 0 bridgehead atoms. The zero-order valence-electron chi connectivity index (χ0n) is 40.3. The summed E-state index contributed by atoms with van der Waals surface area (Å²) in [7, 11) is 0. The predicted octanol–water partition coefficient (Wildman–Crippen LogP) is 7.09. The van der Waals surface area contributed by atoms with Crippen LogP contribution in [0.4, 0.5) is 0 Å². The van der Waals surface area contributed by atoms with Gasteiger partial charge in [-0.3, -0.25) is 4.79 Å². The van der Waals surface area contributed by atoms with E-state index in [2.05, 4.69) is 31.3 Å². The van der Waals surface area contributed by atoms with Crippen LogP contribution in [0.3, 0.4) is 0 Å². The van der Waals surface area contributed by atoms with E-state index in [9.17, 15) is 55.9 Å². The van der Waals surface area contributed by atoms with E-state index >= 15 is 0 Å². The molecule has 9 atom stereocenters. The topological polar surface area (TPSA) is 270 Å². The number of unbranched alkanes of at least 4 members (excludes halogenated alkanes) is 23. The zero-order valence-corrected chi connectivity index (χ0v) is 40.3. The normalized spacial score (nSPS) is 16.8. The molecule has 15 nitrogen and oxygen atoms in total. The van der Waals surface area contributed by atoms with Crippen molar-refractivity contribution < 1.29 is 70.4 Å². The summed E-state index contributed by atoms with van der Waals surface area (Å²) in [6, 6.07) is -1.20. The summed E-state index contributed by atoms with van der Waals surface area (Å²) in [6.45, 7) is 2.66. The number of rotatable bonds is 46. The molecule has 0 heterocycles. The van der Waals surface area contributed by atoms with Crippen LogP contribution in [-0.4, -0.2) is 137 Å². The summed E-state index contributed by atoms with van der Waals surface area (Å²) in [5.41, 5.74) is 0. The van der Waals surface area contributed by atoms with Crippen molar-refractivity contribution in [3.05, 3.63) is 35.8 Å². The number of amides is 1. The maximum absolute atomic E-state index is 13.1. The Kier molecular flexibility index (Phi) is 41.7. The monoisotopic (exact) mass is 934 g/mol. The quantitative estimate of drug-likeness (QED) is 0.0126. The summed E-state index contributed by atoms with van der Waals surface area (Å²) < 4.78 is 10.5. The van der Waals surface area contributed by atoms with E-state index in [0.717, 1.165) is 38.5 Å². The molecule has 0 aromatic rings. The van der Waals surface area contributed by atoms with Gasteiger partial charge in [-0.15, -0.1) is 0 Å². The Balaban J connectivity index is 5.24. The Morgan fingerprint density at radius 2 is 0.985 bits per heavy atom. The van der Waals surface area contributed by atoms with Crippen LogP contribution >= 0.6 is 0 Å². The first-order chi connectivity index (χ1) is 31.4. The number of allylic oxidation sites excluding steroid dienone is 3. The summed E-state index contributed by atoms with van der Waals surface area (Å²) in [5.74, 6) is -3.11. The van der Waals surface area contributed by atoms with E-state index in [-0.39, 0.29) is 12.8 Å². The Morgan fingerprint density at radius 1 is 0.523 bits per heavy atom. The van der Waals surface area contributed by atoms with E-state index < -0.39 is 98.9 Å². The summed E-state index contributed by atoms with van der Waals surface area (Å²) in [5, 5.41) is 115. The lowest BCUT2D eigenvalue weighted by Gasteiger charge is -2.31. The molecule has 0 aromatic heterocycles. The van der Waals surface area contributed by atoms with Crippen LogP contribution in [0.1, 0.15) is 200 Å². The van der Waals surface area contributed by atoms with Crippen molar-refractivity contribution in [2.75, 3.05) is 19.8 Å². The van der Waals surface area contributed by atoms with E-state index in [4.69, 9.17) is 14.6 Å². The third-order valence-corrected chi connectivity index (χ3v) is 11.7. The number of hydrogen-bond donors (Lipinski definition) is 12. The minimum absolute atomic E-state index is 0.212. The third kappa shape index (κ3) is 33.1. The van der Waals surface area contributed by atoms with Gasteiger partial charge in [-0.05, 0) is 38.5 Å². The number of carbonyl (C=O) groups excluding carboxylic acids is 1. The molecule has 0 saturated carbocycles. The van der Waals surface area contributed by atoms with Gasteiger partial charge >= 0.3 is 0 Å². The van der Waals surface area contributed by atoms with Gasteiger partial charge in [0.25, 0.3) is 0 Å². The molecule has 9 unspecified atom stereocenters. The van der Waals surface area contributed by atoms with Gasteiger partial charge < -0.3 is 71.0 Å². The van der Waals surface area contributed by atoms with E-state index in [1.165, 1.54) is 122 Å². The maximum Gasteiger partial charge on any atom is 0.249 e. The second kappa shape index (κ2) is 43.2. The highest BCUT2D eigenvalue weighted by molar-refractivity contribution is 5.80. The predicted molar refractivity (Wildman–Crippen MR) is 255 cm³/mol. The summed E-state index contributed by atoms with van der Waals surface area (Å²) in [4.78, 5) is 13.1. The first kappa shape index (κ1) is 62.8. The van der Waals surface area contributed by atoms with Crippen LogP contribution in [0, 0.1) is 0 Å². The average Bonchev–Trinajstić information content (AvgIpc) is 3.30. The van der Waals surface area contributed by atoms with Crippen molar-refractivity contribution in [2.45, 2.75) is 255 Å². The summed E-state index contributed by atoms with van der Waals surface area (Å²) >= 11 is 0. The van der Waals surface area contributed by atoms with Crippen LogP contribution in [0.25, 0.3) is 0 Å². The Bertz CT molecular complexity index is 1190. The van der Waals surface area contributed by atoms with Gasteiger partial charge in [-0.2, -0.15) is 0 Å². The first-order valence-corrected chi connectivity index (χ1v) is 25.3. The van der Waals surface area contributed by atoms with Crippen molar-refractivity contribution >= 4 is 5.91 Å². The van der Waals surface area contributed by atoms with Crippen LogP contribution in [-0.2, 0) is 14.3 Å². The Labute approximate surface area is 391 Å². The second-order valence-electron chi connectivity index (χ2n) is 17.6. The largest absolute Gasteiger partial charge is 0.506 e. The number of aliphatic hydroxyl groups excluding tert-OH is 11. The van der Waals surface area contributed by atoms with Crippen molar-refractivity contribution in [1.82, 2.24) is 5.32 Å². The van der Waals surface area contributed by atoms with Crippen molar-refractivity contribution in [1.29, 1.82) is 0 Å². The van der Waals surface area contributed by atoms with Crippen LogP contribution in [0.2, 0.25) is 0 Å². The smallest absolute Gasteiger partial charge is 0.249 e. The molecule has 0 fully saturated rings. The number of hydrogen-bond acceptors (Lipinski definition) is 14.